The van der Waals surface area contributed by atoms with Crippen molar-refractivity contribution in [3.8, 4) is 0 Å². The van der Waals surface area contributed by atoms with E-state index < -0.39 is 8.07 Å². The van der Waals surface area contributed by atoms with Crippen LogP contribution < -0.4 is 5.19 Å². The molecule has 1 aromatic rings. The van der Waals surface area contributed by atoms with Gasteiger partial charge in [-0.2, -0.15) is 0 Å². The highest BCUT2D eigenvalue weighted by Crippen LogP contribution is 2.19. The van der Waals surface area contributed by atoms with Gasteiger partial charge in [-0.25, -0.2) is 0 Å². The van der Waals surface area contributed by atoms with E-state index in [0.717, 1.165) is 0 Å². The number of nitrogens with zero attached hydrogens (tertiary/aromatic N) is 1. The Balaban J connectivity index is 3.01. The average molecular weight is 193 g/mol. The average Bonchev–Trinajstić information content (AvgIpc) is 2.23. The molecule has 0 spiro atoms. The van der Waals surface area contributed by atoms with E-state index in [2.05, 4.69) is 37.9 Å². The molecular formula is C11H19NSi. The summed E-state index contributed by atoms with van der Waals surface area (Å²) in [5, 5.41) is 1.58. The van der Waals surface area contributed by atoms with Crippen molar-refractivity contribution in [3.63, 3.8) is 0 Å². The van der Waals surface area contributed by atoms with Crippen LogP contribution in [-0.2, 0) is 0 Å². The zero-order chi connectivity index (χ0) is 9.73. The highest BCUT2D eigenvalue weighted by Gasteiger charge is 2.28. The minimum atomic E-state index is -1.13. The first-order valence-corrected chi connectivity index (χ1v) is 7.81. The van der Waals surface area contributed by atoms with Gasteiger partial charge in [0.05, 0.1) is 8.07 Å². The minimum Gasteiger partial charge on any atom is -0.265 e. The van der Waals surface area contributed by atoms with E-state index in [0.29, 0.717) is 0 Å². The van der Waals surface area contributed by atoms with Crippen LogP contribution in [0.4, 0.5) is 0 Å². The van der Waals surface area contributed by atoms with Gasteiger partial charge in [-0.15, -0.1) is 0 Å². The zero-order valence-electron chi connectivity index (χ0n) is 8.88. The van der Waals surface area contributed by atoms with Crippen LogP contribution in [0.15, 0.2) is 24.5 Å². The van der Waals surface area contributed by atoms with Crippen LogP contribution in [0.25, 0.3) is 0 Å². The summed E-state index contributed by atoms with van der Waals surface area (Å²) in [6.07, 6.45) is 3.86. The lowest BCUT2D eigenvalue weighted by molar-refractivity contribution is 1.19. The summed E-state index contributed by atoms with van der Waals surface area (Å²) in [5.41, 5.74) is 0. The molecule has 0 fully saturated rings. The first kappa shape index (κ1) is 10.4. The molecule has 0 saturated carbocycles. The summed E-state index contributed by atoms with van der Waals surface area (Å²) in [7, 11) is -1.13. The van der Waals surface area contributed by atoms with Crippen molar-refractivity contribution in [2.75, 3.05) is 0 Å². The molecule has 0 amide bonds. The van der Waals surface area contributed by atoms with Crippen molar-refractivity contribution in [2.24, 2.45) is 0 Å². The Morgan fingerprint density at radius 3 is 1.85 bits per heavy atom. The van der Waals surface area contributed by atoms with Gasteiger partial charge in [0.15, 0.2) is 0 Å². The molecule has 0 radical (unpaired) electrons. The number of hydrogen-bond acceptors (Lipinski definition) is 1. The molecule has 0 aromatic carbocycles. The van der Waals surface area contributed by atoms with E-state index in [1.807, 2.05) is 12.4 Å². The number of hydrogen-bond donors (Lipinski definition) is 0. The topological polar surface area (TPSA) is 12.9 Å². The van der Waals surface area contributed by atoms with Gasteiger partial charge in [0.2, 0.25) is 0 Å². The van der Waals surface area contributed by atoms with Crippen LogP contribution in [0, 0.1) is 0 Å². The van der Waals surface area contributed by atoms with Gasteiger partial charge in [0.1, 0.15) is 0 Å². The van der Waals surface area contributed by atoms with E-state index >= 15 is 0 Å². The third kappa shape index (κ3) is 1.99. The van der Waals surface area contributed by atoms with Crippen LogP contribution in [-0.4, -0.2) is 13.1 Å². The van der Waals surface area contributed by atoms with E-state index in [1.165, 1.54) is 18.1 Å². The third-order valence-corrected chi connectivity index (χ3v) is 8.94. The number of aromatic nitrogens is 1. The Bertz CT molecular complexity index is 233. The summed E-state index contributed by atoms with van der Waals surface area (Å²) >= 11 is 0. The number of rotatable bonds is 4. The van der Waals surface area contributed by atoms with Crippen molar-refractivity contribution < 1.29 is 0 Å². The maximum absolute atomic E-state index is 4.08. The van der Waals surface area contributed by atoms with E-state index in [4.69, 9.17) is 0 Å². The van der Waals surface area contributed by atoms with E-state index in [-0.39, 0.29) is 0 Å². The van der Waals surface area contributed by atoms with Crippen LogP contribution in [0.2, 0.25) is 18.1 Å². The summed E-state index contributed by atoms with van der Waals surface area (Å²) in [4.78, 5) is 4.08. The van der Waals surface area contributed by atoms with Gasteiger partial charge in [0.25, 0.3) is 0 Å². The van der Waals surface area contributed by atoms with Gasteiger partial charge in [-0.1, -0.05) is 44.1 Å². The minimum absolute atomic E-state index is 1.13. The lowest BCUT2D eigenvalue weighted by Crippen LogP contribution is -2.45. The van der Waals surface area contributed by atoms with Gasteiger partial charge in [-0.3, -0.25) is 4.98 Å². The van der Waals surface area contributed by atoms with Gasteiger partial charge in [0, 0.05) is 12.4 Å². The maximum atomic E-state index is 4.08. The molecule has 72 valence electrons. The molecular weight excluding hydrogens is 174 g/mol. The second-order valence-electron chi connectivity index (χ2n) is 3.58. The Labute approximate surface area is 82.2 Å². The highest BCUT2D eigenvalue weighted by molar-refractivity contribution is 6.91. The smallest absolute Gasteiger partial charge is 0.0860 e. The molecule has 1 heterocycles. The Morgan fingerprint density at radius 1 is 1.00 bits per heavy atom. The van der Waals surface area contributed by atoms with Crippen molar-refractivity contribution in [2.45, 2.75) is 38.9 Å². The first-order chi connectivity index (χ1) is 6.29. The van der Waals surface area contributed by atoms with Gasteiger partial charge < -0.3 is 0 Å². The first-order valence-electron chi connectivity index (χ1n) is 5.19. The lowest BCUT2D eigenvalue weighted by Gasteiger charge is -2.28. The molecule has 1 aromatic heterocycles. The second-order valence-corrected chi connectivity index (χ2v) is 8.84. The normalized spacial score (nSPS) is 11.6. The van der Waals surface area contributed by atoms with Crippen LogP contribution in [0.5, 0.6) is 0 Å². The fourth-order valence-electron chi connectivity index (χ4n) is 2.07. The summed E-state index contributed by atoms with van der Waals surface area (Å²) < 4.78 is 0. The lowest BCUT2D eigenvalue weighted by atomic mass is 10.5. The molecule has 2 heteroatoms. The van der Waals surface area contributed by atoms with Crippen LogP contribution in [0.1, 0.15) is 20.8 Å². The molecule has 1 rings (SSSR count). The van der Waals surface area contributed by atoms with E-state index in [9.17, 15) is 0 Å². The van der Waals surface area contributed by atoms with Gasteiger partial charge in [-0.05, 0) is 12.1 Å². The highest BCUT2D eigenvalue weighted by atomic mass is 28.3. The largest absolute Gasteiger partial charge is 0.265 e. The quantitative estimate of drug-likeness (QED) is 0.670. The SMILES string of the molecule is CC[Si](CC)(CC)c1ccncc1. The Hall–Kier alpha value is -0.633. The fraction of sp³-hybridized carbons (Fsp3) is 0.545. The van der Waals surface area contributed by atoms with Crippen molar-refractivity contribution in [1.82, 2.24) is 4.98 Å². The summed E-state index contributed by atoms with van der Waals surface area (Å²) in [6.45, 7) is 7.00. The molecule has 1 nitrogen and oxygen atoms in total. The van der Waals surface area contributed by atoms with Crippen LogP contribution >= 0.6 is 0 Å². The van der Waals surface area contributed by atoms with Crippen molar-refractivity contribution in [3.05, 3.63) is 24.5 Å². The third-order valence-electron chi connectivity index (χ3n) is 3.32. The Kier molecular flexibility index (Phi) is 3.67. The monoisotopic (exact) mass is 193 g/mol. The second kappa shape index (κ2) is 4.56. The molecule has 0 saturated heterocycles. The van der Waals surface area contributed by atoms with Gasteiger partial charge >= 0.3 is 0 Å². The molecule has 13 heavy (non-hydrogen) atoms. The molecule has 0 unspecified atom stereocenters. The molecule has 0 bridgehead atoms. The molecule has 0 aliphatic heterocycles. The number of pyridine rings is 1. The summed E-state index contributed by atoms with van der Waals surface area (Å²) in [6, 6.07) is 8.48. The zero-order valence-corrected chi connectivity index (χ0v) is 9.88. The maximum Gasteiger partial charge on any atom is 0.0860 e. The van der Waals surface area contributed by atoms with E-state index in [1.54, 1.807) is 5.19 Å². The molecule has 0 aliphatic carbocycles. The molecule has 0 N–H and O–H groups in total. The molecule has 0 atom stereocenters. The Morgan fingerprint density at radius 2 is 1.46 bits per heavy atom. The van der Waals surface area contributed by atoms with Crippen molar-refractivity contribution in [1.29, 1.82) is 0 Å². The molecule has 0 aliphatic rings. The predicted octanol–water partition coefficient (Wildman–Crippen LogP) is 2.80. The summed E-state index contributed by atoms with van der Waals surface area (Å²) in [5.74, 6) is 0. The van der Waals surface area contributed by atoms with Crippen LogP contribution in [0.3, 0.4) is 0 Å². The fourth-order valence-corrected chi connectivity index (χ4v) is 5.65. The predicted molar refractivity (Wildman–Crippen MR) is 61.1 cm³/mol. The van der Waals surface area contributed by atoms with Crippen molar-refractivity contribution >= 4 is 13.3 Å². The standard InChI is InChI=1S/C11H19NSi/c1-4-13(5-2,6-3)11-7-9-12-10-8-11/h7-10H,4-6H2,1-3H3.